The quantitative estimate of drug-likeness (QED) is 0.776. The molecule has 0 saturated carbocycles. The molecule has 0 aliphatic carbocycles. The third-order valence-electron chi connectivity index (χ3n) is 3.56. The lowest BCUT2D eigenvalue weighted by atomic mass is 10.1. The number of benzene rings is 1. The third-order valence-corrected chi connectivity index (χ3v) is 3.56. The first-order valence-corrected chi connectivity index (χ1v) is 6.11. The number of carbonyl (C=O) groups excluding carboxylic acids is 1. The van der Waals surface area contributed by atoms with E-state index in [1.165, 1.54) is 0 Å². The van der Waals surface area contributed by atoms with Gasteiger partial charge in [-0.2, -0.15) is 0 Å². The lowest BCUT2D eigenvalue weighted by Crippen LogP contribution is -2.34. The van der Waals surface area contributed by atoms with Crippen LogP contribution in [0.25, 0.3) is 0 Å². The van der Waals surface area contributed by atoms with Crippen LogP contribution in [0.3, 0.4) is 0 Å². The molecule has 0 radical (unpaired) electrons. The average Bonchev–Trinajstić information content (AvgIpc) is 2.78. The minimum absolute atomic E-state index is 0.174. The Morgan fingerprint density at radius 1 is 1.35 bits per heavy atom. The summed E-state index contributed by atoms with van der Waals surface area (Å²) < 4.78 is 0. The number of hydrogen-bond acceptors (Lipinski definition) is 2. The van der Waals surface area contributed by atoms with Gasteiger partial charge < -0.3 is 9.80 Å². The first-order chi connectivity index (χ1) is 8.09. The molecule has 1 aliphatic heterocycles. The average molecular weight is 232 g/mol. The van der Waals surface area contributed by atoms with Crippen LogP contribution >= 0.6 is 0 Å². The van der Waals surface area contributed by atoms with Gasteiger partial charge in [0.05, 0.1) is 0 Å². The van der Waals surface area contributed by atoms with Gasteiger partial charge >= 0.3 is 0 Å². The van der Waals surface area contributed by atoms with Crippen molar-refractivity contribution >= 4 is 5.91 Å². The predicted molar refractivity (Wildman–Crippen MR) is 69.2 cm³/mol. The van der Waals surface area contributed by atoms with E-state index in [0.29, 0.717) is 6.04 Å². The van der Waals surface area contributed by atoms with Crippen LogP contribution in [0.1, 0.15) is 22.3 Å². The van der Waals surface area contributed by atoms with E-state index in [1.54, 1.807) is 0 Å². The van der Waals surface area contributed by atoms with Crippen LogP contribution in [0.2, 0.25) is 0 Å². The molecule has 1 aromatic carbocycles. The molecule has 3 heteroatoms. The maximum atomic E-state index is 12.3. The number of rotatable bonds is 2. The van der Waals surface area contributed by atoms with Crippen molar-refractivity contribution in [1.29, 1.82) is 0 Å². The Bertz CT molecular complexity index is 414. The van der Waals surface area contributed by atoms with E-state index in [-0.39, 0.29) is 5.91 Å². The van der Waals surface area contributed by atoms with Crippen LogP contribution in [0.4, 0.5) is 0 Å². The Kier molecular flexibility index (Phi) is 3.48. The van der Waals surface area contributed by atoms with E-state index >= 15 is 0 Å². The zero-order chi connectivity index (χ0) is 12.4. The van der Waals surface area contributed by atoms with Crippen LogP contribution in [-0.2, 0) is 0 Å². The standard InChI is InChI=1S/C14H20N2O/c1-11-6-4-5-7-13(11)14(17)16-9-8-12(10-16)15(2)3/h4-7,12H,8-10H2,1-3H3. The van der Waals surface area contributed by atoms with Gasteiger partial charge in [-0.3, -0.25) is 4.79 Å². The number of amides is 1. The van der Waals surface area contributed by atoms with Crippen molar-refractivity contribution in [3.05, 3.63) is 35.4 Å². The molecule has 92 valence electrons. The number of hydrogen-bond donors (Lipinski definition) is 0. The molecule has 1 aromatic rings. The van der Waals surface area contributed by atoms with Crippen molar-refractivity contribution in [3.63, 3.8) is 0 Å². The Morgan fingerprint density at radius 3 is 2.65 bits per heavy atom. The highest BCUT2D eigenvalue weighted by molar-refractivity contribution is 5.95. The van der Waals surface area contributed by atoms with Crippen molar-refractivity contribution in [3.8, 4) is 0 Å². The van der Waals surface area contributed by atoms with E-state index in [9.17, 15) is 4.79 Å². The molecule has 0 spiro atoms. The van der Waals surface area contributed by atoms with E-state index in [1.807, 2.05) is 36.1 Å². The largest absolute Gasteiger partial charge is 0.337 e. The Balaban J connectivity index is 2.10. The molecule has 1 saturated heterocycles. The summed E-state index contributed by atoms with van der Waals surface area (Å²) in [7, 11) is 4.15. The van der Waals surface area contributed by atoms with Crippen molar-refractivity contribution < 1.29 is 4.79 Å². The van der Waals surface area contributed by atoms with Crippen molar-refractivity contribution in [2.75, 3.05) is 27.2 Å². The van der Waals surface area contributed by atoms with Gasteiger partial charge in [0, 0.05) is 24.7 Å². The number of aryl methyl sites for hydroxylation is 1. The van der Waals surface area contributed by atoms with Gasteiger partial charge in [-0.15, -0.1) is 0 Å². The smallest absolute Gasteiger partial charge is 0.254 e. The second kappa shape index (κ2) is 4.88. The molecule has 0 bridgehead atoms. The van der Waals surface area contributed by atoms with Gasteiger partial charge in [0.2, 0.25) is 0 Å². The normalized spacial score (nSPS) is 20.0. The second-order valence-electron chi connectivity index (χ2n) is 4.97. The number of likely N-dealkylation sites (tertiary alicyclic amines) is 1. The molecule has 0 aromatic heterocycles. The van der Waals surface area contributed by atoms with Crippen LogP contribution in [-0.4, -0.2) is 48.9 Å². The van der Waals surface area contributed by atoms with Gasteiger partial charge in [0.1, 0.15) is 0 Å². The molecular formula is C14H20N2O. The number of nitrogens with zero attached hydrogens (tertiary/aromatic N) is 2. The minimum atomic E-state index is 0.174. The lowest BCUT2D eigenvalue weighted by Gasteiger charge is -2.21. The monoisotopic (exact) mass is 232 g/mol. The van der Waals surface area contributed by atoms with E-state index in [0.717, 1.165) is 30.6 Å². The zero-order valence-electron chi connectivity index (χ0n) is 10.8. The summed E-state index contributed by atoms with van der Waals surface area (Å²) in [6.07, 6.45) is 1.07. The lowest BCUT2D eigenvalue weighted by molar-refractivity contribution is 0.0782. The highest BCUT2D eigenvalue weighted by Gasteiger charge is 2.28. The molecule has 2 rings (SSSR count). The highest BCUT2D eigenvalue weighted by atomic mass is 16.2. The Hall–Kier alpha value is -1.35. The summed E-state index contributed by atoms with van der Waals surface area (Å²) >= 11 is 0. The fraction of sp³-hybridized carbons (Fsp3) is 0.500. The van der Waals surface area contributed by atoms with Crippen LogP contribution < -0.4 is 0 Å². The molecule has 1 atom stereocenters. The maximum absolute atomic E-state index is 12.3. The van der Waals surface area contributed by atoms with Crippen LogP contribution in [0.15, 0.2) is 24.3 Å². The minimum Gasteiger partial charge on any atom is -0.337 e. The maximum Gasteiger partial charge on any atom is 0.254 e. The SMILES string of the molecule is Cc1ccccc1C(=O)N1CCC(N(C)C)C1. The second-order valence-corrected chi connectivity index (χ2v) is 4.97. The highest BCUT2D eigenvalue weighted by Crippen LogP contribution is 2.18. The molecule has 0 N–H and O–H groups in total. The van der Waals surface area contributed by atoms with Gasteiger partial charge in [-0.1, -0.05) is 18.2 Å². The number of carbonyl (C=O) groups is 1. The van der Waals surface area contributed by atoms with Gasteiger partial charge in [-0.25, -0.2) is 0 Å². The molecule has 1 amide bonds. The van der Waals surface area contributed by atoms with Crippen LogP contribution in [0, 0.1) is 6.92 Å². The summed E-state index contributed by atoms with van der Waals surface area (Å²) in [5, 5.41) is 0. The van der Waals surface area contributed by atoms with E-state index in [2.05, 4.69) is 19.0 Å². The Labute approximate surface area is 103 Å². The third kappa shape index (κ3) is 2.50. The summed E-state index contributed by atoms with van der Waals surface area (Å²) in [5.74, 6) is 0.174. The first-order valence-electron chi connectivity index (χ1n) is 6.11. The molecule has 3 nitrogen and oxygen atoms in total. The fourth-order valence-corrected chi connectivity index (χ4v) is 2.33. The summed E-state index contributed by atoms with van der Waals surface area (Å²) in [6, 6.07) is 8.31. The molecule has 1 aliphatic rings. The van der Waals surface area contributed by atoms with Crippen molar-refractivity contribution in [1.82, 2.24) is 9.80 Å². The molecule has 1 fully saturated rings. The van der Waals surface area contributed by atoms with Gasteiger partial charge in [0.15, 0.2) is 0 Å². The number of likely N-dealkylation sites (N-methyl/N-ethyl adjacent to an activating group) is 1. The predicted octanol–water partition coefficient (Wildman–Crippen LogP) is 1.77. The van der Waals surface area contributed by atoms with Gasteiger partial charge in [0.25, 0.3) is 5.91 Å². The van der Waals surface area contributed by atoms with E-state index < -0.39 is 0 Å². The van der Waals surface area contributed by atoms with Crippen LogP contribution in [0.5, 0.6) is 0 Å². The first kappa shape index (κ1) is 12.1. The molecule has 1 heterocycles. The Morgan fingerprint density at radius 2 is 2.06 bits per heavy atom. The zero-order valence-corrected chi connectivity index (χ0v) is 10.8. The summed E-state index contributed by atoms with van der Waals surface area (Å²) in [4.78, 5) is 16.5. The van der Waals surface area contributed by atoms with Crippen molar-refractivity contribution in [2.45, 2.75) is 19.4 Å². The summed E-state index contributed by atoms with van der Waals surface area (Å²) in [5.41, 5.74) is 1.90. The molecular weight excluding hydrogens is 212 g/mol. The molecule has 17 heavy (non-hydrogen) atoms. The fourth-order valence-electron chi connectivity index (χ4n) is 2.33. The van der Waals surface area contributed by atoms with Gasteiger partial charge in [-0.05, 0) is 39.1 Å². The van der Waals surface area contributed by atoms with E-state index in [4.69, 9.17) is 0 Å². The summed E-state index contributed by atoms with van der Waals surface area (Å²) in [6.45, 7) is 3.71. The van der Waals surface area contributed by atoms with Crippen molar-refractivity contribution in [2.24, 2.45) is 0 Å². The topological polar surface area (TPSA) is 23.6 Å². The molecule has 1 unspecified atom stereocenters.